The Bertz CT molecular complexity index is 1720. The van der Waals surface area contributed by atoms with E-state index in [1.54, 1.807) is 7.05 Å². The molecule has 9 nitrogen and oxygen atoms in total. The van der Waals surface area contributed by atoms with Crippen molar-refractivity contribution >= 4 is 55.4 Å². The van der Waals surface area contributed by atoms with Crippen LogP contribution in [0.15, 0.2) is 63.1 Å². The molecule has 3 aromatic heterocycles. The number of aryl methyl sites for hydroxylation is 2. The van der Waals surface area contributed by atoms with Gasteiger partial charge >= 0.3 is 5.69 Å². The zero-order chi connectivity index (χ0) is 24.7. The lowest BCUT2D eigenvalue weighted by Crippen LogP contribution is -2.37. The highest BCUT2D eigenvalue weighted by Crippen LogP contribution is 2.28. The van der Waals surface area contributed by atoms with Crippen molar-refractivity contribution in [2.75, 3.05) is 11.1 Å². The summed E-state index contributed by atoms with van der Waals surface area (Å²) in [6, 6.07) is 15.2. The number of aromatic nitrogens is 5. The summed E-state index contributed by atoms with van der Waals surface area (Å²) in [5.74, 6) is 0.0904. The van der Waals surface area contributed by atoms with Gasteiger partial charge in [-0.15, -0.1) is 0 Å². The lowest BCUT2D eigenvalue weighted by molar-refractivity contribution is -0.113. The van der Waals surface area contributed by atoms with E-state index in [1.165, 1.54) is 23.0 Å². The molecular weight excluding hydrogens is 484 g/mol. The lowest BCUT2D eigenvalue weighted by Gasteiger charge is -2.12. The number of carbonyl (C=O) groups is 1. The number of amides is 1. The molecule has 0 saturated heterocycles. The Hall–Kier alpha value is -3.83. The summed E-state index contributed by atoms with van der Waals surface area (Å²) in [5.41, 5.74) is 1.90. The van der Waals surface area contributed by atoms with Gasteiger partial charge < -0.3 is 5.32 Å². The summed E-state index contributed by atoms with van der Waals surface area (Å²) in [6.07, 6.45) is 0. The number of carbonyl (C=O) groups excluding carboxylic acids is 1. The number of benzene rings is 2. The van der Waals surface area contributed by atoms with Gasteiger partial charge in [-0.05, 0) is 24.6 Å². The van der Waals surface area contributed by atoms with Crippen LogP contribution in [0.2, 0.25) is 0 Å². The van der Waals surface area contributed by atoms with Crippen molar-refractivity contribution in [3.8, 4) is 11.4 Å². The zero-order valence-electron chi connectivity index (χ0n) is 19.1. The van der Waals surface area contributed by atoms with Gasteiger partial charge in [0.05, 0.1) is 16.0 Å². The van der Waals surface area contributed by atoms with Crippen LogP contribution in [0.5, 0.6) is 0 Å². The van der Waals surface area contributed by atoms with E-state index in [0.717, 1.165) is 37.7 Å². The number of nitrogens with one attached hydrogen (secondary N) is 1. The van der Waals surface area contributed by atoms with Crippen molar-refractivity contribution in [2.45, 2.75) is 11.9 Å². The van der Waals surface area contributed by atoms with Gasteiger partial charge in [-0.1, -0.05) is 59.5 Å². The van der Waals surface area contributed by atoms with Gasteiger partial charge in [0.2, 0.25) is 5.91 Å². The average molecular weight is 505 g/mol. The first-order valence-corrected chi connectivity index (χ1v) is 12.4. The highest BCUT2D eigenvalue weighted by Gasteiger charge is 2.19. The van der Waals surface area contributed by atoms with Gasteiger partial charge in [-0.2, -0.15) is 0 Å². The molecule has 0 saturated carbocycles. The third kappa shape index (κ3) is 4.35. The van der Waals surface area contributed by atoms with Gasteiger partial charge in [0.15, 0.2) is 16.6 Å². The van der Waals surface area contributed by atoms with Crippen molar-refractivity contribution in [1.82, 2.24) is 24.1 Å². The molecule has 0 unspecified atom stereocenters. The van der Waals surface area contributed by atoms with Gasteiger partial charge in [0.1, 0.15) is 10.4 Å². The molecule has 0 aliphatic carbocycles. The van der Waals surface area contributed by atoms with Crippen LogP contribution in [0.1, 0.15) is 5.56 Å². The molecule has 0 fully saturated rings. The molecule has 0 bridgehead atoms. The fourth-order valence-corrected chi connectivity index (χ4v) is 5.42. The van der Waals surface area contributed by atoms with E-state index < -0.39 is 11.2 Å². The molecule has 0 atom stereocenters. The minimum absolute atomic E-state index is 0.00128. The van der Waals surface area contributed by atoms with Crippen LogP contribution in [-0.2, 0) is 18.9 Å². The second-order valence-corrected chi connectivity index (χ2v) is 9.94. The molecule has 2 aromatic carbocycles. The number of nitrogens with zero attached hydrogens (tertiary/aromatic N) is 5. The third-order valence-electron chi connectivity index (χ3n) is 5.43. The highest BCUT2D eigenvalue weighted by atomic mass is 32.2. The van der Waals surface area contributed by atoms with Crippen LogP contribution in [0, 0.1) is 6.92 Å². The van der Waals surface area contributed by atoms with E-state index in [4.69, 9.17) is 0 Å². The summed E-state index contributed by atoms with van der Waals surface area (Å²) in [4.78, 5) is 51.8. The number of hydrogen-bond donors (Lipinski definition) is 1. The van der Waals surface area contributed by atoms with Crippen LogP contribution >= 0.6 is 23.1 Å². The van der Waals surface area contributed by atoms with Crippen LogP contribution in [0.3, 0.4) is 0 Å². The molecule has 5 aromatic rings. The summed E-state index contributed by atoms with van der Waals surface area (Å²) in [7, 11) is 2.97. The predicted octanol–water partition coefficient (Wildman–Crippen LogP) is 3.34. The van der Waals surface area contributed by atoms with E-state index in [0.29, 0.717) is 16.0 Å². The second kappa shape index (κ2) is 9.08. The molecule has 1 amide bonds. The predicted molar refractivity (Wildman–Crippen MR) is 139 cm³/mol. The van der Waals surface area contributed by atoms with E-state index in [9.17, 15) is 14.4 Å². The zero-order valence-corrected chi connectivity index (χ0v) is 20.7. The number of anilines is 1. The Labute approximate surface area is 207 Å². The van der Waals surface area contributed by atoms with Crippen LogP contribution in [0.4, 0.5) is 5.13 Å². The van der Waals surface area contributed by atoms with Crippen molar-refractivity contribution < 1.29 is 4.79 Å². The van der Waals surface area contributed by atoms with Gasteiger partial charge in [0, 0.05) is 19.7 Å². The monoisotopic (exact) mass is 504 g/mol. The average Bonchev–Trinajstić information content (AvgIpc) is 3.26. The largest absolute Gasteiger partial charge is 0.332 e. The minimum Gasteiger partial charge on any atom is -0.301 e. The van der Waals surface area contributed by atoms with E-state index in [1.807, 2.05) is 55.5 Å². The van der Waals surface area contributed by atoms with Crippen molar-refractivity contribution in [2.24, 2.45) is 14.1 Å². The molecular formula is C24H20N6O3S2. The molecule has 5 rings (SSSR count). The maximum absolute atomic E-state index is 13.0. The molecule has 3 heterocycles. The maximum atomic E-state index is 13.0. The van der Waals surface area contributed by atoms with Crippen molar-refractivity contribution in [3.63, 3.8) is 0 Å². The molecule has 0 aliphatic heterocycles. The Morgan fingerprint density at radius 2 is 1.80 bits per heavy atom. The van der Waals surface area contributed by atoms with E-state index >= 15 is 0 Å². The Kier molecular flexibility index (Phi) is 5.95. The molecule has 11 heteroatoms. The van der Waals surface area contributed by atoms with Crippen LogP contribution in [0.25, 0.3) is 32.6 Å². The number of rotatable bonds is 5. The number of fused-ring (bicyclic) bond motifs is 2. The van der Waals surface area contributed by atoms with Crippen molar-refractivity contribution in [3.05, 3.63) is 74.9 Å². The first-order chi connectivity index (χ1) is 16.8. The number of hydrogen-bond acceptors (Lipinski definition) is 8. The molecule has 0 radical (unpaired) electrons. The smallest absolute Gasteiger partial charge is 0.301 e. The number of thiazole rings is 1. The van der Waals surface area contributed by atoms with Gasteiger partial charge in [0.25, 0.3) is 5.56 Å². The highest BCUT2D eigenvalue weighted by molar-refractivity contribution is 8.00. The van der Waals surface area contributed by atoms with E-state index in [-0.39, 0.29) is 22.7 Å². The fourth-order valence-electron chi connectivity index (χ4n) is 3.62. The quantitative estimate of drug-likeness (QED) is 0.289. The van der Waals surface area contributed by atoms with Gasteiger partial charge in [-0.25, -0.2) is 19.7 Å². The second-order valence-electron chi connectivity index (χ2n) is 7.95. The first-order valence-electron chi connectivity index (χ1n) is 10.6. The Morgan fingerprint density at radius 1 is 1.03 bits per heavy atom. The maximum Gasteiger partial charge on any atom is 0.332 e. The SMILES string of the molecule is Cc1ccc2nc(NC(=O)CSc3nc(-c4ccccc4)nc4c3c(=O)n(C)c(=O)n4C)sc2c1. The van der Waals surface area contributed by atoms with Crippen LogP contribution < -0.4 is 16.6 Å². The summed E-state index contributed by atoms with van der Waals surface area (Å²) >= 11 is 2.52. The molecule has 0 spiro atoms. The Morgan fingerprint density at radius 3 is 2.57 bits per heavy atom. The summed E-state index contributed by atoms with van der Waals surface area (Å²) in [5, 5.41) is 3.86. The normalized spacial score (nSPS) is 11.3. The topological polar surface area (TPSA) is 112 Å². The Balaban J connectivity index is 1.50. The lowest BCUT2D eigenvalue weighted by atomic mass is 10.2. The molecule has 0 aliphatic rings. The van der Waals surface area contributed by atoms with Gasteiger partial charge in [-0.3, -0.25) is 18.7 Å². The molecule has 35 heavy (non-hydrogen) atoms. The van der Waals surface area contributed by atoms with Crippen molar-refractivity contribution in [1.29, 1.82) is 0 Å². The third-order valence-corrected chi connectivity index (χ3v) is 7.34. The minimum atomic E-state index is -0.507. The summed E-state index contributed by atoms with van der Waals surface area (Å²) in [6.45, 7) is 2.00. The van der Waals surface area contributed by atoms with E-state index in [2.05, 4.69) is 20.3 Å². The standard InChI is InChI=1S/C24H20N6O3S2/c1-13-9-10-15-16(11-13)35-23(25-15)26-17(31)12-34-21-18-20(29(2)24(33)30(3)22(18)32)27-19(28-21)14-7-5-4-6-8-14/h4-11H,12H2,1-3H3,(H,25,26,31). The molecule has 176 valence electrons. The number of thioether (sulfide) groups is 1. The molecule has 1 N–H and O–H groups in total. The first kappa shape index (κ1) is 22.9. The summed E-state index contributed by atoms with van der Waals surface area (Å²) < 4.78 is 3.32. The fraction of sp³-hybridized carbons (Fsp3) is 0.167. The van der Waals surface area contributed by atoms with Crippen LogP contribution in [-0.4, -0.2) is 35.7 Å².